The van der Waals surface area contributed by atoms with Crippen LogP contribution < -0.4 is 10.1 Å². The summed E-state index contributed by atoms with van der Waals surface area (Å²) in [6.07, 6.45) is -1.83. The van der Waals surface area contributed by atoms with Crippen LogP contribution in [0.1, 0.15) is 5.56 Å². The first kappa shape index (κ1) is 17.7. The lowest BCUT2D eigenvalue weighted by Crippen LogP contribution is -2.08. The molecule has 0 bridgehead atoms. The molecule has 5 nitrogen and oxygen atoms in total. The van der Waals surface area contributed by atoms with E-state index in [-0.39, 0.29) is 5.75 Å². The molecule has 0 radical (unpaired) electrons. The lowest BCUT2D eigenvalue weighted by atomic mass is 10.2. The van der Waals surface area contributed by atoms with E-state index in [2.05, 4.69) is 20.3 Å². The van der Waals surface area contributed by atoms with E-state index in [0.29, 0.717) is 11.5 Å². The number of nitrogens with zero attached hydrogens (tertiary/aromatic N) is 3. The van der Waals surface area contributed by atoms with Gasteiger partial charge in [0, 0.05) is 17.3 Å². The Labute approximate surface area is 157 Å². The number of anilines is 2. The first-order chi connectivity index (χ1) is 13.5. The maximum atomic E-state index is 13.0. The number of nitrogens with one attached hydrogen (secondary N) is 1. The van der Waals surface area contributed by atoms with Crippen LogP contribution in [0.5, 0.6) is 11.6 Å². The van der Waals surface area contributed by atoms with Crippen LogP contribution in [-0.4, -0.2) is 15.0 Å². The van der Waals surface area contributed by atoms with Crippen molar-refractivity contribution >= 4 is 22.4 Å². The number of ether oxygens (including phenoxy) is 1. The summed E-state index contributed by atoms with van der Waals surface area (Å²) in [5, 5.41) is 4.03. The van der Waals surface area contributed by atoms with E-state index in [1.165, 1.54) is 18.6 Å². The quantitative estimate of drug-likeness (QED) is 0.499. The Kier molecular flexibility index (Phi) is 4.52. The molecule has 0 amide bonds. The van der Waals surface area contributed by atoms with Crippen molar-refractivity contribution in [3.8, 4) is 11.6 Å². The van der Waals surface area contributed by atoms with Gasteiger partial charge in [0.25, 0.3) is 0 Å². The average Bonchev–Trinajstić information content (AvgIpc) is 2.69. The van der Waals surface area contributed by atoms with Crippen LogP contribution in [0.3, 0.4) is 0 Å². The summed E-state index contributed by atoms with van der Waals surface area (Å²) in [5.41, 5.74) is 0.577. The van der Waals surface area contributed by atoms with Crippen molar-refractivity contribution in [3.05, 3.63) is 78.8 Å². The zero-order chi connectivity index (χ0) is 19.6. The number of alkyl halides is 3. The fourth-order valence-electron chi connectivity index (χ4n) is 2.65. The Balaban J connectivity index is 1.55. The molecule has 140 valence electrons. The third kappa shape index (κ3) is 3.71. The maximum Gasteiger partial charge on any atom is 0.421 e. The highest BCUT2D eigenvalue weighted by molar-refractivity contribution is 5.90. The summed E-state index contributed by atoms with van der Waals surface area (Å²) in [6, 6.07) is 16.2. The lowest BCUT2D eigenvalue weighted by molar-refractivity contribution is -0.138. The van der Waals surface area contributed by atoms with Crippen LogP contribution in [0.25, 0.3) is 10.9 Å². The van der Waals surface area contributed by atoms with Crippen LogP contribution >= 0.6 is 0 Å². The minimum absolute atomic E-state index is 0.238. The third-order valence-corrected chi connectivity index (χ3v) is 3.95. The summed E-state index contributed by atoms with van der Waals surface area (Å²) in [7, 11) is 0. The molecule has 0 saturated heterocycles. The van der Waals surface area contributed by atoms with Gasteiger partial charge in [-0.25, -0.2) is 15.0 Å². The van der Waals surface area contributed by atoms with Gasteiger partial charge >= 0.3 is 6.18 Å². The van der Waals surface area contributed by atoms with Crippen molar-refractivity contribution in [2.45, 2.75) is 6.18 Å². The molecule has 4 rings (SSSR count). The Morgan fingerprint density at radius 2 is 1.61 bits per heavy atom. The lowest BCUT2D eigenvalue weighted by Gasteiger charge is -2.13. The SMILES string of the molecule is FC(F)(F)c1cccnc1Oc1ccc(Nc2ncnc3ccccc23)cc1. The molecule has 2 aromatic carbocycles. The van der Waals surface area contributed by atoms with Crippen molar-refractivity contribution < 1.29 is 17.9 Å². The first-order valence-corrected chi connectivity index (χ1v) is 8.27. The van der Waals surface area contributed by atoms with Gasteiger partial charge in [0.15, 0.2) is 0 Å². The second kappa shape index (κ2) is 7.15. The topological polar surface area (TPSA) is 59.9 Å². The van der Waals surface area contributed by atoms with Crippen molar-refractivity contribution in [1.82, 2.24) is 15.0 Å². The zero-order valence-electron chi connectivity index (χ0n) is 14.3. The minimum atomic E-state index is -4.54. The number of rotatable bonds is 4. The molecule has 0 atom stereocenters. The molecule has 2 heterocycles. The molecule has 8 heteroatoms. The summed E-state index contributed by atoms with van der Waals surface area (Å²) in [6.45, 7) is 0. The normalized spacial score (nSPS) is 11.4. The van der Waals surface area contributed by atoms with Crippen LogP contribution in [0.15, 0.2) is 73.2 Å². The van der Waals surface area contributed by atoms with Crippen LogP contribution in [-0.2, 0) is 6.18 Å². The molecule has 0 fully saturated rings. The molecule has 4 aromatic rings. The van der Waals surface area contributed by atoms with Crippen LogP contribution in [0, 0.1) is 0 Å². The van der Waals surface area contributed by atoms with Gasteiger partial charge in [-0.1, -0.05) is 12.1 Å². The van der Waals surface area contributed by atoms with Gasteiger partial charge in [-0.05, 0) is 48.5 Å². The van der Waals surface area contributed by atoms with Gasteiger partial charge in [-0.3, -0.25) is 0 Å². The molecule has 2 aromatic heterocycles. The van der Waals surface area contributed by atoms with Gasteiger partial charge in [0.2, 0.25) is 5.88 Å². The number of hydrogen-bond acceptors (Lipinski definition) is 5. The standard InChI is InChI=1S/C20H13F3N4O/c21-20(22,23)16-5-3-11-24-19(16)28-14-9-7-13(8-10-14)27-18-15-4-1-2-6-17(15)25-12-26-18/h1-12H,(H,25,26,27). The summed E-state index contributed by atoms with van der Waals surface area (Å²) < 4.78 is 44.5. The number of halogens is 3. The molecule has 0 aliphatic heterocycles. The van der Waals surface area contributed by atoms with Crippen molar-refractivity contribution in [1.29, 1.82) is 0 Å². The Morgan fingerprint density at radius 3 is 2.39 bits per heavy atom. The minimum Gasteiger partial charge on any atom is -0.438 e. The number of para-hydroxylation sites is 1. The number of fused-ring (bicyclic) bond motifs is 1. The van der Waals surface area contributed by atoms with E-state index >= 15 is 0 Å². The van der Waals surface area contributed by atoms with Crippen molar-refractivity contribution in [2.24, 2.45) is 0 Å². The predicted octanol–water partition coefficient (Wildman–Crippen LogP) is 5.58. The van der Waals surface area contributed by atoms with Gasteiger partial charge in [-0.15, -0.1) is 0 Å². The van der Waals surface area contributed by atoms with Crippen LogP contribution in [0.4, 0.5) is 24.7 Å². The first-order valence-electron chi connectivity index (χ1n) is 8.27. The molecule has 0 aliphatic rings. The molecule has 0 spiro atoms. The number of pyridine rings is 1. The second-order valence-electron chi connectivity index (χ2n) is 5.84. The van der Waals surface area contributed by atoms with E-state index in [0.717, 1.165) is 17.0 Å². The highest BCUT2D eigenvalue weighted by atomic mass is 19.4. The molecule has 28 heavy (non-hydrogen) atoms. The molecule has 0 aliphatic carbocycles. The Morgan fingerprint density at radius 1 is 0.821 bits per heavy atom. The number of hydrogen-bond donors (Lipinski definition) is 1. The molecule has 0 unspecified atom stereocenters. The van der Waals surface area contributed by atoms with E-state index < -0.39 is 17.6 Å². The number of aromatic nitrogens is 3. The van der Waals surface area contributed by atoms with Gasteiger partial charge in [0.05, 0.1) is 5.52 Å². The largest absolute Gasteiger partial charge is 0.438 e. The smallest absolute Gasteiger partial charge is 0.421 e. The van der Waals surface area contributed by atoms with E-state index in [4.69, 9.17) is 4.74 Å². The second-order valence-corrected chi connectivity index (χ2v) is 5.84. The molecule has 1 N–H and O–H groups in total. The summed E-state index contributed by atoms with van der Waals surface area (Å²) in [5.74, 6) is 0.378. The highest BCUT2D eigenvalue weighted by Gasteiger charge is 2.35. The van der Waals surface area contributed by atoms with Gasteiger partial charge < -0.3 is 10.1 Å². The van der Waals surface area contributed by atoms with E-state index in [1.54, 1.807) is 24.3 Å². The zero-order valence-corrected chi connectivity index (χ0v) is 14.3. The summed E-state index contributed by atoms with van der Waals surface area (Å²) in [4.78, 5) is 12.1. The van der Waals surface area contributed by atoms with Crippen molar-refractivity contribution in [3.63, 3.8) is 0 Å². The fraction of sp³-hybridized carbons (Fsp3) is 0.0500. The third-order valence-electron chi connectivity index (χ3n) is 3.95. The Bertz CT molecular complexity index is 1110. The van der Waals surface area contributed by atoms with Gasteiger partial charge in [-0.2, -0.15) is 13.2 Å². The van der Waals surface area contributed by atoms with Gasteiger partial charge in [0.1, 0.15) is 23.5 Å². The predicted molar refractivity (Wildman–Crippen MR) is 98.6 cm³/mol. The fourth-order valence-corrected chi connectivity index (χ4v) is 2.65. The summed E-state index contributed by atoms with van der Waals surface area (Å²) >= 11 is 0. The average molecular weight is 382 g/mol. The maximum absolute atomic E-state index is 13.0. The number of benzene rings is 2. The monoisotopic (exact) mass is 382 g/mol. The highest BCUT2D eigenvalue weighted by Crippen LogP contribution is 2.36. The van der Waals surface area contributed by atoms with E-state index in [1.807, 2.05) is 24.3 Å². The molecular formula is C20H13F3N4O. The molecular weight excluding hydrogens is 369 g/mol. The molecule has 0 saturated carbocycles. The van der Waals surface area contributed by atoms with Crippen LogP contribution in [0.2, 0.25) is 0 Å². The Hall–Kier alpha value is -3.68. The van der Waals surface area contributed by atoms with E-state index in [9.17, 15) is 13.2 Å². The van der Waals surface area contributed by atoms with Crippen molar-refractivity contribution in [2.75, 3.05) is 5.32 Å².